The van der Waals surface area contributed by atoms with Crippen LogP contribution < -0.4 is 0 Å². The monoisotopic (exact) mass is 722 g/mol. The Balaban J connectivity index is 1.46. The molecule has 0 spiro atoms. The molecule has 0 aliphatic heterocycles. The van der Waals surface area contributed by atoms with Gasteiger partial charge in [0, 0.05) is 5.56 Å². The molecule has 2 N–H and O–H groups in total. The van der Waals surface area contributed by atoms with E-state index < -0.39 is 40.6 Å². The number of nitrogens with one attached hydrogen (secondary N) is 1. The molecule has 6 rings (SSSR count). The normalized spacial score (nSPS) is 13.7. The van der Waals surface area contributed by atoms with Crippen molar-refractivity contribution in [1.29, 1.82) is 0 Å². The number of aliphatic hydroxyl groups is 1. The van der Waals surface area contributed by atoms with Gasteiger partial charge in [-0.05, 0) is 80.6 Å². The first kappa shape index (κ1) is 37.1. The van der Waals surface area contributed by atoms with Crippen LogP contribution in [0.15, 0.2) is 84.9 Å². The fraction of sp³-hybridized carbons (Fsp3) is 0.350. The number of fused-ring (bicyclic) bond motifs is 2. The molecule has 0 aliphatic carbocycles. The van der Waals surface area contributed by atoms with Gasteiger partial charge in [-0.1, -0.05) is 79.6 Å². The minimum atomic E-state index is -5.71. The first-order valence-corrected chi connectivity index (χ1v) is 17.0. The Hall–Kier alpha value is -4.68. The fourth-order valence-corrected chi connectivity index (χ4v) is 6.94. The average molecular weight is 723 g/mol. The Labute approximate surface area is 297 Å². The molecule has 4 aromatic carbocycles. The zero-order valence-electron chi connectivity index (χ0n) is 29.5. The van der Waals surface area contributed by atoms with Crippen LogP contribution in [0.2, 0.25) is 0 Å². The summed E-state index contributed by atoms with van der Waals surface area (Å²) in [5.41, 5.74) is -1.33. The molecule has 52 heavy (non-hydrogen) atoms. The number of hydrogen-bond donors (Lipinski definition) is 2. The topological polar surface area (TPSA) is 76.0 Å². The highest BCUT2D eigenvalue weighted by molar-refractivity contribution is 5.88. The molecule has 0 amide bonds. The Morgan fingerprint density at radius 3 is 1.90 bits per heavy atom. The molecule has 2 heterocycles. The molecule has 6 nitrogen and oxygen atoms in total. The number of alkyl halides is 6. The van der Waals surface area contributed by atoms with Crippen LogP contribution >= 0.6 is 0 Å². The second-order valence-corrected chi connectivity index (χ2v) is 14.0. The molecule has 0 saturated carbocycles. The molecule has 0 aliphatic rings. The third-order valence-corrected chi connectivity index (χ3v) is 9.50. The number of halogens is 6. The van der Waals surface area contributed by atoms with Crippen LogP contribution in [0.1, 0.15) is 56.1 Å². The number of ether oxygens (including phenoxy) is 1. The van der Waals surface area contributed by atoms with E-state index in [1.807, 2.05) is 58.0 Å². The van der Waals surface area contributed by atoms with Gasteiger partial charge in [-0.2, -0.15) is 26.3 Å². The van der Waals surface area contributed by atoms with Gasteiger partial charge < -0.3 is 19.4 Å². The second kappa shape index (κ2) is 13.7. The predicted octanol–water partition coefficient (Wildman–Crippen LogP) is 10.2. The van der Waals surface area contributed by atoms with Gasteiger partial charge in [0.2, 0.25) is 5.41 Å². The lowest BCUT2D eigenvalue weighted by atomic mass is 9.72. The first-order valence-electron chi connectivity index (χ1n) is 17.0. The van der Waals surface area contributed by atoms with Crippen LogP contribution in [0.3, 0.4) is 0 Å². The number of imidazole rings is 2. The van der Waals surface area contributed by atoms with Crippen LogP contribution in [0.25, 0.3) is 44.6 Å². The highest BCUT2D eigenvalue weighted by Gasteiger charge is 2.72. The van der Waals surface area contributed by atoms with Crippen LogP contribution in [0, 0.1) is 13.8 Å². The van der Waals surface area contributed by atoms with Crippen molar-refractivity contribution in [3.8, 4) is 22.5 Å². The highest BCUT2D eigenvalue weighted by Crippen LogP contribution is 2.56. The van der Waals surface area contributed by atoms with Crippen molar-refractivity contribution >= 4 is 22.1 Å². The summed E-state index contributed by atoms with van der Waals surface area (Å²) < 4.78 is 96.6. The van der Waals surface area contributed by atoms with Gasteiger partial charge in [-0.3, -0.25) is 0 Å². The molecule has 12 heteroatoms. The molecule has 1 unspecified atom stereocenters. The number of benzene rings is 4. The van der Waals surface area contributed by atoms with Crippen molar-refractivity contribution < 1.29 is 36.2 Å². The van der Waals surface area contributed by atoms with Crippen molar-refractivity contribution in [1.82, 2.24) is 19.5 Å². The van der Waals surface area contributed by atoms with Gasteiger partial charge in [0.1, 0.15) is 11.6 Å². The maximum Gasteiger partial charge on any atom is 0.411 e. The molecule has 1 atom stereocenters. The lowest BCUT2D eigenvalue weighted by molar-refractivity contribution is -0.288. The highest BCUT2D eigenvalue weighted by atomic mass is 19.4. The Bertz CT molecular complexity index is 2170. The van der Waals surface area contributed by atoms with Gasteiger partial charge in [-0.15, -0.1) is 0 Å². The zero-order chi connectivity index (χ0) is 37.6. The van der Waals surface area contributed by atoms with Gasteiger partial charge in [0.05, 0.1) is 46.9 Å². The minimum Gasteiger partial charge on any atom is -0.389 e. The number of aryl methyl sites for hydroxylation is 2. The molecule has 274 valence electrons. The molecule has 6 aromatic rings. The van der Waals surface area contributed by atoms with Gasteiger partial charge in [0.25, 0.3) is 0 Å². The Morgan fingerprint density at radius 2 is 1.31 bits per heavy atom. The quantitative estimate of drug-likeness (QED) is 0.131. The van der Waals surface area contributed by atoms with E-state index in [1.165, 1.54) is 24.3 Å². The lowest BCUT2D eigenvalue weighted by Crippen LogP contribution is -2.54. The summed E-state index contributed by atoms with van der Waals surface area (Å²) >= 11 is 0. The van der Waals surface area contributed by atoms with Gasteiger partial charge >= 0.3 is 12.4 Å². The number of rotatable bonds is 11. The standard InChI is InChI=1S/C40H40F6N4O2/c1-6-19-37(4,5)52-23-31(51)22-50-35-21-28(27-11-17-32-34(20-27)48-25(3)47-32)12-18-33(35)49-36(50)26-9-15-30(16-10-26)38(39(41,42)43,40(44,45)46)29-13-7-24(2)8-14-29/h7-18,20-21,31,51H,6,19,22-23H2,1-5H3,(H,47,48). The van der Waals surface area contributed by atoms with Crippen molar-refractivity contribution in [2.24, 2.45) is 0 Å². The summed E-state index contributed by atoms with van der Waals surface area (Å²) in [5.74, 6) is 1.04. The van der Waals surface area contributed by atoms with Crippen LogP contribution in [0.5, 0.6) is 0 Å². The van der Waals surface area contributed by atoms with Crippen LogP contribution in [0.4, 0.5) is 26.3 Å². The lowest BCUT2D eigenvalue weighted by Gasteiger charge is -2.38. The smallest absolute Gasteiger partial charge is 0.389 e. The third-order valence-electron chi connectivity index (χ3n) is 9.50. The molecule has 0 radical (unpaired) electrons. The molecular formula is C40H40F6N4O2. The van der Waals surface area contributed by atoms with Crippen LogP contribution in [-0.4, -0.2) is 55.3 Å². The summed E-state index contributed by atoms with van der Waals surface area (Å²) in [5, 5.41) is 11.2. The maximum atomic E-state index is 14.8. The van der Waals surface area contributed by atoms with Crippen molar-refractivity contribution in [3.05, 3.63) is 107 Å². The van der Waals surface area contributed by atoms with Crippen molar-refractivity contribution in [3.63, 3.8) is 0 Å². The summed E-state index contributed by atoms with van der Waals surface area (Å²) in [4.78, 5) is 12.5. The zero-order valence-corrected chi connectivity index (χ0v) is 29.5. The maximum absolute atomic E-state index is 14.8. The fourth-order valence-electron chi connectivity index (χ4n) is 6.94. The van der Waals surface area contributed by atoms with E-state index in [1.54, 1.807) is 17.6 Å². The van der Waals surface area contributed by atoms with Gasteiger partial charge in [-0.25, -0.2) is 9.97 Å². The molecule has 2 aromatic heterocycles. The summed E-state index contributed by atoms with van der Waals surface area (Å²) in [6.45, 7) is 9.36. The van der Waals surface area contributed by atoms with Crippen molar-refractivity contribution in [2.45, 2.75) is 83.5 Å². The number of aliphatic hydroxyl groups excluding tert-OH is 1. The largest absolute Gasteiger partial charge is 0.411 e. The number of aromatic nitrogens is 4. The Kier molecular flexibility index (Phi) is 9.77. The number of nitrogens with zero attached hydrogens (tertiary/aromatic N) is 3. The number of H-pyrrole nitrogens is 1. The van der Waals surface area contributed by atoms with Crippen molar-refractivity contribution in [2.75, 3.05) is 6.61 Å². The molecule has 0 saturated heterocycles. The second-order valence-electron chi connectivity index (χ2n) is 14.0. The van der Waals surface area contributed by atoms with Crippen LogP contribution in [-0.2, 0) is 16.7 Å². The summed E-state index contributed by atoms with van der Waals surface area (Å²) in [7, 11) is 0. The SMILES string of the molecule is CCCC(C)(C)OCC(O)Cn1c(-c2ccc(C(c3ccc(C)cc3)(C(F)(F)F)C(F)(F)F)cc2)nc2ccc(-c3ccc4nc(C)[nH]c4c3)cc21. The minimum absolute atomic E-state index is 0.00316. The van der Waals surface area contributed by atoms with E-state index in [0.717, 1.165) is 65.1 Å². The van der Waals surface area contributed by atoms with Gasteiger partial charge in [0.15, 0.2) is 0 Å². The number of hydrogen-bond acceptors (Lipinski definition) is 4. The van der Waals surface area contributed by atoms with E-state index >= 15 is 0 Å². The summed E-state index contributed by atoms with van der Waals surface area (Å²) in [6, 6.07) is 19.8. The third kappa shape index (κ3) is 6.93. The predicted molar refractivity (Wildman–Crippen MR) is 190 cm³/mol. The molecule has 0 bridgehead atoms. The average Bonchev–Trinajstić information content (AvgIpc) is 3.62. The first-order chi connectivity index (χ1) is 24.4. The number of aromatic amines is 1. The van der Waals surface area contributed by atoms with E-state index in [4.69, 9.17) is 9.72 Å². The van der Waals surface area contributed by atoms with E-state index in [2.05, 4.69) is 9.97 Å². The summed E-state index contributed by atoms with van der Waals surface area (Å²) in [6.07, 6.45) is -10.8. The van der Waals surface area contributed by atoms with E-state index in [-0.39, 0.29) is 24.5 Å². The molecule has 0 fully saturated rings. The Morgan fingerprint density at radius 1 is 0.750 bits per heavy atom. The van der Waals surface area contributed by atoms with E-state index in [0.29, 0.717) is 16.6 Å². The molecular weight excluding hydrogens is 682 g/mol. The van der Waals surface area contributed by atoms with E-state index in [9.17, 15) is 31.4 Å².